The first-order valence-corrected chi connectivity index (χ1v) is 28.7. The van der Waals surface area contributed by atoms with E-state index in [9.17, 15) is 9.18 Å². The van der Waals surface area contributed by atoms with E-state index in [1.165, 1.54) is 28.3 Å². The number of hydrogen-bond donors (Lipinski definition) is 0. The van der Waals surface area contributed by atoms with Crippen LogP contribution in [0.2, 0.25) is 9.38 Å². The van der Waals surface area contributed by atoms with E-state index in [0.29, 0.717) is 52.2 Å². The van der Waals surface area contributed by atoms with Crippen LogP contribution in [0.1, 0.15) is 78.7 Å². The van der Waals surface area contributed by atoms with Gasteiger partial charge in [-0.25, -0.2) is 4.39 Å². The summed E-state index contributed by atoms with van der Waals surface area (Å²) in [5.41, 5.74) is 3.95. The summed E-state index contributed by atoms with van der Waals surface area (Å²) in [6.45, 7) is 10.6. The molecule has 12 nitrogen and oxygen atoms in total. The number of benzene rings is 4. The molecule has 1 unspecified atom stereocenters. The van der Waals surface area contributed by atoms with Crippen molar-refractivity contribution >= 4 is 46.3 Å². The predicted octanol–water partition coefficient (Wildman–Crippen LogP) is 9.65. The zero-order chi connectivity index (χ0) is 45.4. The summed E-state index contributed by atoms with van der Waals surface area (Å²) in [5, 5.41) is 0. The average Bonchev–Trinajstić information content (AvgIpc) is 3.28. The molecule has 0 N–H and O–H groups in total. The molecule has 6 aliphatic rings. The van der Waals surface area contributed by atoms with E-state index in [2.05, 4.69) is 43.9 Å². The zero-order valence-corrected chi connectivity index (χ0v) is 41.3. The van der Waals surface area contributed by atoms with Crippen LogP contribution in [0.5, 0.6) is 57.5 Å². The quantitative estimate of drug-likeness (QED) is 0.164. The average molecular weight is 983 g/mol. The summed E-state index contributed by atoms with van der Waals surface area (Å²) < 4.78 is 82.6. The fourth-order valence-corrected chi connectivity index (χ4v) is 14.8. The molecule has 4 atom stereocenters. The number of hydrogen-bond acceptors (Lipinski definition) is 12. The molecule has 0 saturated heterocycles. The van der Waals surface area contributed by atoms with E-state index >= 15 is 0 Å². The van der Waals surface area contributed by atoms with Crippen molar-refractivity contribution in [3.8, 4) is 57.5 Å². The molecular formula is C50H53FO12Sn. The molecule has 6 aliphatic heterocycles. The van der Waals surface area contributed by atoms with Gasteiger partial charge in [0.2, 0.25) is 0 Å². The minimum atomic E-state index is -1.98. The van der Waals surface area contributed by atoms with Crippen LogP contribution >= 0.6 is 0 Å². The summed E-state index contributed by atoms with van der Waals surface area (Å²) in [7, 11) is 8.04. The summed E-state index contributed by atoms with van der Waals surface area (Å²) in [6.07, 6.45) is 2.81. The second-order valence-corrected chi connectivity index (χ2v) is 26.8. The Bertz CT molecular complexity index is 2680. The Morgan fingerprint density at radius 3 is 1.91 bits per heavy atom. The third-order valence-corrected chi connectivity index (χ3v) is 20.3. The van der Waals surface area contributed by atoms with Crippen molar-refractivity contribution in [3.63, 3.8) is 0 Å². The minimum absolute atomic E-state index is 0.152. The summed E-state index contributed by atoms with van der Waals surface area (Å²) in [5.74, 6) is 5.42. The van der Waals surface area contributed by atoms with Gasteiger partial charge in [-0.2, -0.15) is 0 Å². The first kappa shape index (κ1) is 43.5. The fraction of sp³-hybridized carbons (Fsp3) is 0.380. The van der Waals surface area contributed by atoms with E-state index in [4.69, 9.17) is 52.1 Å². The monoisotopic (exact) mass is 983 g/mol. The Morgan fingerprint density at radius 2 is 1.25 bits per heavy atom. The Balaban J connectivity index is 0.000000163. The Kier molecular flexibility index (Phi) is 11.1. The normalized spacial score (nSPS) is 21.4. The topological polar surface area (TPSA) is 119 Å². The van der Waals surface area contributed by atoms with Crippen molar-refractivity contribution in [2.45, 2.75) is 73.3 Å². The number of ether oxygens (including phenoxy) is 11. The standard InChI is InChI=1S/C24H23O6.C23H21FO6.C2H5.CH3.Sn.H/c1-24(2)9-8-13-16(30-24)7-6-14-22(13)29-20-12-28-17-11-19(26-4)18(25-3)10-15(17)21(20)23(14)27-5;1-23(2)9-13(24)20-14(30-23)6-5-11-21(25)19-12-7-16(26-3)17(27-4)8-15(12)28-10-18(19)29-22(11)20;1-2;;;/h6-7,9-11,20H,12H2,1-5H3;5-9,18-19H,10H2,1-4H3;1H2,2H3;1H3;;/t20-;18-,19+;;;;/m11..../s1/i;24-1;;;;. The summed E-state index contributed by atoms with van der Waals surface area (Å²) in [4.78, 5) is 16.0. The van der Waals surface area contributed by atoms with Gasteiger partial charge in [-0.05, 0) is 38.1 Å². The van der Waals surface area contributed by atoms with Gasteiger partial charge in [-0.15, -0.1) is 0 Å². The van der Waals surface area contributed by atoms with Gasteiger partial charge in [0, 0.05) is 11.6 Å². The predicted molar refractivity (Wildman–Crippen MR) is 243 cm³/mol. The van der Waals surface area contributed by atoms with Crippen LogP contribution in [-0.2, 0) is 4.74 Å². The van der Waals surface area contributed by atoms with Crippen LogP contribution in [0.15, 0.2) is 60.7 Å². The van der Waals surface area contributed by atoms with Gasteiger partial charge < -0.3 is 23.7 Å². The van der Waals surface area contributed by atoms with E-state index in [0.717, 1.165) is 45.3 Å². The Labute approximate surface area is 379 Å². The van der Waals surface area contributed by atoms with Crippen molar-refractivity contribution in [1.29, 1.82) is 0 Å². The Morgan fingerprint density at radius 1 is 0.672 bits per heavy atom. The van der Waals surface area contributed by atoms with Crippen LogP contribution < -0.4 is 47.4 Å². The first-order chi connectivity index (χ1) is 30.6. The first-order valence-electron chi connectivity index (χ1n) is 21.4. The molecule has 0 bridgehead atoms. The van der Waals surface area contributed by atoms with Crippen LogP contribution in [0, 0.1) is 0 Å². The number of fused-ring (bicyclic) bond motifs is 12. The molecule has 0 saturated carbocycles. The maximum atomic E-state index is 15.0. The summed E-state index contributed by atoms with van der Waals surface area (Å²) >= 11 is -1.98. The van der Waals surface area contributed by atoms with Gasteiger partial charge in [0.05, 0.1) is 31.3 Å². The number of Topliss-reactive ketones (excluding diaryl/α,β-unsaturated/α-hetero) is 1. The summed E-state index contributed by atoms with van der Waals surface area (Å²) in [6, 6.07) is 14.6. The van der Waals surface area contributed by atoms with Gasteiger partial charge in [0.25, 0.3) is 0 Å². The fourth-order valence-electron chi connectivity index (χ4n) is 9.40. The number of carbonyl (C=O) groups excluding carboxylic acids is 1. The molecule has 0 radical (unpaired) electrons. The molecule has 10 rings (SSSR count). The van der Waals surface area contributed by atoms with E-state index in [1.807, 2.05) is 12.1 Å². The number of halogens is 1. The molecule has 0 aromatic heterocycles. The van der Waals surface area contributed by atoms with Crippen molar-refractivity contribution in [2.75, 3.05) is 48.8 Å². The molecule has 0 spiro atoms. The molecule has 4 aromatic rings. The number of ketones is 1. The number of rotatable bonds is 7. The maximum absolute atomic E-state index is 15.0. The van der Waals surface area contributed by atoms with E-state index < -0.39 is 43.2 Å². The van der Waals surface area contributed by atoms with Crippen molar-refractivity contribution < 1.29 is 61.3 Å². The molecule has 336 valence electrons. The van der Waals surface area contributed by atoms with Crippen molar-refractivity contribution in [3.05, 3.63) is 94.1 Å². The van der Waals surface area contributed by atoms with Crippen LogP contribution in [-0.4, -0.2) is 97.7 Å². The molecule has 0 fully saturated rings. The van der Waals surface area contributed by atoms with Crippen LogP contribution in [0.25, 0.3) is 20.7 Å². The van der Waals surface area contributed by atoms with Gasteiger partial charge in [-0.3, -0.25) is 4.79 Å². The number of methoxy groups -OCH3 is 5. The third-order valence-electron chi connectivity index (χ3n) is 12.5. The van der Waals surface area contributed by atoms with Gasteiger partial charge >= 0.3 is 209 Å². The second kappa shape index (κ2) is 16.4. The molecule has 0 amide bonds. The van der Waals surface area contributed by atoms with Gasteiger partial charge in [0.1, 0.15) is 41.4 Å². The van der Waals surface area contributed by atoms with Crippen LogP contribution in [0.4, 0.5) is 4.39 Å². The Hall–Kier alpha value is -5.70. The molecular weight excluding hydrogens is 929 g/mol. The SMILES string of the molecule is COc1cc2c(cc1OC)[C@@H]1C(=O)c3ccc4c(c3O[C@@H]1CO2)C([18F])=CC(C)(C)O4.C[CH2][SnH]([CH3])[C]1=CC(C)(C)Oc2ccc3c(c21)O[C@@H]1COc2cc(OC)c(OC)cc2C1=C3OC. The molecule has 64 heavy (non-hydrogen) atoms. The van der Waals surface area contributed by atoms with E-state index in [-0.39, 0.29) is 35.4 Å². The van der Waals surface area contributed by atoms with Crippen LogP contribution in [0.3, 0.4) is 0 Å². The van der Waals surface area contributed by atoms with Crippen molar-refractivity contribution in [1.82, 2.24) is 0 Å². The molecule has 0 aliphatic carbocycles. The number of carbonyl (C=O) groups is 1. The molecule has 4 aromatic carbocycles. The zero-order valence-electron chi connectivity index (χ0n) is 38.0. The van der Waals surface area contributed by atoms with Gasteiger partial charge in [0.15, 0.2) is 17.3 Å². The molecule has 14 heteroatoms. The van der Waals surface area contributed by atoms with Crippen molar-refractivity contribution in [2.24, 2.45) is 0 Å². The van der Waals surface area contributed by atoms with Gasteiger partial charge in [-0.1, -0.05) is 0 Å². The molecule has 6 heterocycles. The third kappa shape index (κ3) is 7.23. The van der Waals surface area contributed by atoms with E-state index in [1.54, 1.807) is 59.4 Å². The second-order valence-electron chi connectivity index (χ2n) is 17.6.